The van der Waals surface area contributed by atoms with Crippen LogP contribution >= 0.6 is 0 Å². The van der Waals surface area contributed by atoms with Gasteiger partial charge in [-0.3, -0.25) is 0 Å². The molecule has 0 aromatic heterocycles. The van der Waals surface area contributed by atoms with E-state index in [2.05, 4.69) is 11.4 Å². The number of aliphatic hydroxyl groups is 1. The SMILES string of the molecule is CC(CO)C(C)Nc1ccc(N)c(CC#N)c1. The molecule has 0 amide bonds. The van der Waals surface area contributed by atoms with E-state index in [9.17, 15) is 0 Å². The summed E-state index contributed by atoms with van der Waals surface area (Å²) in [6.07, 6.45) is 0.311. The lowest BCUT2D eigenvalue weighted by Crippen LogP contribution is -2.26. The summed E-state index contributed by atoms with van der Waals surface area (Å²) in [7, 11) is 0. The summed E-state index contributed by atoms with van der Waals surface area (Å²) in [6.45, 7) is 4.14. The zero-order valence-electron chi connectivity index (χ0n) is 10.3. The van der Waals surface area contributed by atoms with Crippen molar-refractivity contribution in [1.82, 2.24) is 0 Å². The van der Waals surface area contributed by atoms with Crippen molar-refractivity contribution < 1.29 is 5.11 Å². The highest BCUT2D eigenvalue weighted by Gasteiger charge is 2.11. The monoisotopic (exact) mass is 233 g/mol. The van der Waals surface area contributed by atoms with Crippen LogP contribution in [0.4, 0.5) is 11.4 Å². The van der Waals surface area contributed by atoms with Crippen molar-refractivity contribution in [2.45, 2.75) is 26.3 Å². The summed E-state index contributed by atoms with van der Waals surface area (Å²) in [5.74, 6) is 0.173. The van der Waals surface area contributed by atoms with Crippen molar-refractivity contribution in [3.05, 3.63) is 23.8 Å². The van der Waals surface area contributed by atoms with E-state index in [-0.39, 0.29) is 18.6 Å². The third-order valence-electron chi connectivity index (χ3n) is 2.95. The van der Waals surface area contributed by atoms with Crippen LogP contribution in [0.5, 0.6) is 0 Å². The lowest BCUT2D eigenvalue weighted by molar-refractivity contribution is 0.226. The third-order valence-corrected chi connectivity index (χ3v) is 2.95. The number of benzene rings is 1. The molecule has 0 bridgehead atoms. The first-order valence-corrected chi connectivity index (χ1v) is 5.71. The van der Waals surface area contributed by atoms with Crippen LogP contribution in [0.2, 0.25) is 0 Å². The highest BCUT2D eigenvalue weighted by atomic mass is 16.3. The summed E-state index contributed by atoms with van der Waals surface area (Å²) in [6, 6.07) is 7.83. The van der Waals surface area contributed by atoms with E-state index in [1.807, 2.05) is 26.0 Å². The van der Waals surface area contributed by atoms with E-state index in [1.54, 1.807) is 6.07 Å². The second-order valence-corrected chi connectivity index (χ2v) is 4.34. The molecule has 92 valence electrons. The molecule has 0 radical (unpaired) electrons. The fourth-order valence-electron chi connectivity index (χ4n) is 1.50. The maximum Gasteiger partial charge on any atom is 0.0670 e. The Hall–Kier alpha value is -1.73. The second-order valence-electron chi connectivity index (χ2n) is 4.34. The molecule has 0 saturated carbocycles. The zero-order chi connectivity index (χ0) is 12.8. The minimum absolute atomic E-state index is 0.147. The molecule has 0 heterocycles. The molecule has 0 aliphatic heterocycles. The Morgan fingerprint density at radius 3 is 2.76 bits per heavy atom. The van der Waals surface area contributed by atoms with Crippen molar-refractivity contribution in [2.24, 2.45) is 5.92 Å². The number of nitrogen functional groups attached to an aromatic ring is 1. The molecule has 0 spiro atoms. The molecule has 1 aromatic carbocycles. The van der Waals surface area contributed by atoms with Gasteiger partial charge in [0, 0.05) is 24.0 Å². The molecule has 0 saturated heterocycles. The van der Waals surface area contributed by atoms with Gasteiger partial charge in [-0.1, -0.05) is 6.92 Å². The lowest BCUT2D eigenvalue weighted by Gasteiger charge is -2.21. The molecule has 2 unspecified atom stereocenters. The Morgan fingerprint density at radius 2 is 2.18 bits per heavy atom. The first-order chi connectivity index (χ1) is 8.08. The predicted molar refractivity (Wildman–Crippen MR) is 69.5 cm³/mol. The molecule has 1 aromatic rings. The summed E-state index contributed by atoms with van der Waals surface area (Å²) >= 11 is 0. The molecule has 0 aliphatic carbocycles. The van der Waals surface area contributed by atoms with Gasteiger partial charge < -0.3 is 16.2 Å². The van der Waals surface area contributed by atoms with Gasteiger partial charge in [0.2, 0.25) is 0 Å². The van der Waals surface area contributed by atoms with Gasteiger partial charge in [0.05, 0.1) is 12.5 Å². The van der Waals surface area contributed by atoms with Gasteiger partial charge in [-0.05, 0) is 36.6 Å². The molecule has 0 fully saturated rings. The number of nitrogens with one attached hydrogen (secondary N) is 1. The Balaban J connectivity index is 2.79. The first-order valence-electron chi connectivity index (χ1n) is 5.71. The number of rotatable bonds is 5. The summed E-state index contributed by atoms with van der Waals surface area (Å²) in [4.78, 5) is 0. The van der Waals surface area contributed by atoms with Crippen LogP contribution in [0, 0.1) is 17.2 Å². The highest BCUT2D eigenvalue weighted by molar-refractivity contribution is 5.58. The minimum atomic E-state index is 0.147. The lowest BCUT2D eigenvalue weighted by atomic mass is 10.0. The van der Waals surface area contributed by atoms with Crippen molar-refractivity contribution in [1.29, 1.82) is 5.26 Å². The van der Waals surface area contributed by atoms with Gasteiger partial charge in [-0.2, -0.15) is 5.26 Å². The fourth-order valence-corrected chi connectivity index (χ4v) is 1.50. The number of hydrogen-bond donors (Lipinski definition) is 3. The van der Waals surface area contributed by atoms with Crippen LogP contribution in [0.3, 0.4) is 0 Å². The molecule has 17 heavy (non-hydrogen) atoms. The average molecular weight is 233 g/mol. The second kappa shape index (κ2) is 6.12. The number of nitriles is 1. The molecule has 4 nitrogen and oxygen atoms in total. The Morgan fingerprint density at radius 1 is 1.47 bits per heavy atom. The zero-order valence-corrected chi connectivity index (χ0v) is 10.3. The van der Waals surface area contributed by atoms with Gasteiger partial charge in [-0.15, -0.1) is 0 Å². The number of nitrogens with zero attached hydrogens (tertiary/aromatic N) is 1. The van der Waals surface area contributed by atoms with E-state index >= 15 is 0 Å². The normalized spacial score (nSPS) is 13.8. The minimum Gasteiger partial charge on any atom is -0.398 e. The smallest absolute Gasteiger partial charge is 0.0670 e. The number of nitrogens with two attached hydrogens (primary N) is 1. The van der Waals surface area contributed by atoms with Crippen LogP contribution in [0.1, 0.15) is 19.4 Å². The number of anilines is 2. The van der Waals surface area contributed by atoms with Crippen LogP contribution in [-0.4, -0.2) is 17.8 Å². The van der Waals surface area contributed by atoms with Crippen molar-refractivity contribution >= 4 is 11.4 Å². The predicted octanol–water partition coefficient (Wildman–Crippen LogP) is 1.76. The van der Waals surface area contributed by atoms with Gasteiger partial charge in [0.1, 0.15) is 0 Å². The largest absolute Gasteiger partial charge is 0.398 e. The van der Waals surface area contributed by atoms with Crippen molar-refractivity contribution in [3.8, 4) is 6.07 Å². The summed E-state index contributed by atoms with van der Waals surface area (Å²) in [5.41, 5.74) is 8.17. The van der Waals surface area contributed by atoms with E-state index < -0.39 is 0 Å². The van der Waals surface area contributed by atoms with E-state index in [0.717, 1.165) is 11.3 Å². The maximum atomic E-state index is 9.06. The average Bonchev–Trinajstić information content (AvgIpc) is 2.32. The van der Waals surface area contributed by atoms with Gasteiger partial charge in [-0.25, -0.2) is 0 Å². The molecular formula is C13H19N3O. The molecule has 0 aliphatic rings. The quantitative estimate of drug-likeness (QED) is 0.677. The third kappa shape index (κ3) is 3.65. The molecule has 1 rings (SSSR count). The summed E-state index contributed by atoms with van der Waals surface area (Å²) < 4.78 is 0. The van der Waals surface area contributed by atoms with E-state index in [4.69, 9.17) is 16.1 Å². The van der Waals surface area contributed by atoms with Gasteiger partial charge in [0.15, 0.2) is 0 Å². The maximum absolute atomic E-state index is 9.06. The Bertz CT molecular complexity index is 412. The Kier molecular flexibility index (Phi) is 4.80. The Labute approximate surface area is 102 Å². The standard InChI is InChI=1S/C13H19N3O/c1-9(8-17)10(2)16-12-3-4-13(15)11(7-12)5-6-14/h3-4,7,9-10,16-17H,5,8,15H2,1-2H3. The highest BCUT2D eigenvalue weighted by Crippen LogP contribution is 2.20. The fraction of sp³-hybridized carbons (Fsp3) is 0.462. The number of hydrogen-bond acceptors (Lipinski definition) is 4. The molecular weight excluding hydrogens is 214 g/mol. The van der Waals surface area contributed by atoms with Crippen LogP contribution < -0.4 is 11.1 Å². The van der Waals surface area contributed by atoms with Crippen LogP contribution in [0.25, 0.3) is 0 Å². The van der Waals surface area contributed by atoms with Gasteiger partial charge >= 0.3 is 0 Å². The van der Waals surface area contributed by atoms with Gasteiger partial charge in [0.25, 0.3) is 0 Å². The van der Waals surface area contributed by atoms with Crippen LogP contribution in [0.15, 0.2) is 18.2 Å². The summed E-state index contributed by atoms with van der Waals surface area (Å²) in [5, 5.41) is 21.0. The first kappa shape index (κ1) is 13.3. The van der Waals surface area contributed by atoms with Crippen molar-refractivity contribution in [2.75, 3.05) is 17.7 Å². The van der Waals surface area contributed by atoms with Crippen LogP contribution in [-0.2, 0) is 6.42 Å². The van der Waals surface area contributed by atoms with E-state index in [0.29, 0.717) is 12.1 Å². The van der Waals surface area contributed by atoms with E-state index in [1.165, 1.54) is 0 Å². The molecule has 2 atom stereocenters. The number of aliphatic hydroxyl groups excluding tert-OH is 1. The topological polar surface area (TPSA) is 82.1 Å². The molecule has 4 heteroatoms. The molecule has 4 N–H and O–H groups in total. The van der Waals surface area contributed by atoms with Crippen molar-refractivity contribution in [3.63, 3.8) is 0 Å².